The second-order valence-corrected chi connectivity index (χ2v) is 11.1. The van der Waals surface area contributed by atoms with Crippen molar-refractivity contribution in [2.45, 2.75) is 24.7 Å². The monoisotopic (exact) mass is 505 g/mol. The Morgan fingerprint density at radius 1 is 1.18 bits per heavy atom. The zero-order chi connectivity index (χ0) is 23.6. The molecule has 174 valence electrons. The predicted molar refractivity (Wildman–Crippen MR) is 130 cm³/mol. The van der Waals surface area contributed by atoms with Crippen molar-refractivity contribution in [2.24, 2.45) is 5.92 Å². The van der Waals surface area contributed by atoms with Crippen LogP contribution in [-0.2, 0) is 14.8 Å². The summed E-state index contributed by atoms with van der Waals surface area (Å²) in [6, 6.07) is 12.2. The highest BCUT2D eigenvalue weighted by molar-refractivity contribution is 7.89. The number of rotatable bonds is 6. The van der Waals surface area contributed by atoms with Crippen molar-refractivity contribution in [3.8, 4) is 17.0 Å². The van der Waals surface area contributed by atoms with Crippen LogP contribution in [-0.4, -0.2) is 43.8 Å². The van der Waals surface area contributed by atoms with Gasteiger partial charge in [-0.1, -0.05) is 29.3 Å². The molecule has 4 rings (SSSR count). The Bertz CT molecular complexity index is 1250. The van der Waals surface area contributed by atoms with Crippen molar-refractivity contribution in [3.63, 3.8) is 0 Å². The minimum absolute atomic E-state index is 0.143. The first-order valence-electron chi connectivity index (χ1n) is 10.4. The fourth-order valence-corrected chi connectivity index (χ4v) is 6.16. The van der Waals surface area contributed by atoms with E-state index in [2.05, 4.69) is 10.3 Å². The SMILES string of the molecule is COc1ccc(-c2csc(NC(=O)C3CCN(S(=O)(=O)c4ccc(C)cc4)CC3)n2)cc1Cl. The molecule has 10 heteroatoms. The van der Waals surface area contributed by atoms with E-state index in [0.29, 0.717) is 47.5 Å². The summed E-state index contributed by atoms with van der Waals surface area (Å²) in [4.78, 5) is 17.5. The molecule has 1 aliphatic rings. The molecule has 2 heterocycles. The molecule has 33 heavy (non-hydrogen) atoms. The Morgan fingerprint density at radius 2 is 1.88 bits per heavy atom. The molecule has 7 nitrogen and oxygen atoms in total. The highest BCUT2D eigenvalue weighted by atomic mass is 35.5. The first kappa shape index (κ1) is 23.7. The van der Waals surface area contributed by atoms with Crippen molar-refractivity contribution in [1.82, 2.24) is 9.29 Å². The first-order valence-corrected chi connectivity index (χ1v) is 13.1. The van der Waals surface area contributed by atoms with Gasteiger partial charge in [0.25, 0.3) is 0 Å². The van der Waals surface area contributed by atoms with Gasteiger partial charge in [-0.05, 0) is 50.1 Å². The van der Waals surface area contributed by atoms with Crippen molar-refractivity contribution >= 4 is 44.0 Å². The second kappa shape index (κ2) is 9.80. The van der Waals surface area contributed by atoms with E-state index in [1.54, 1.807) is 43.5 Å². The summed E-state index contributed by atoms with van der Waals surface area (Å²) in [5.74, 6) is 0.174. The largest absolute Gasteiger partial charge is 0.495 e. The van der Waals surface area contributed by atoms with Crippen LogP contribution in [0.1, 0.15) is 18.4 Å². The third kappa shape index (κ3) is 5.22. The lowest BCUT2D eigenvalue weighted by Gasteiger charge is -2.30. The summed E-state index contributed by atoms with van der Waals surface area (Å²) in [6.07, 6.45) is 0.923. The maximum Gasteiger partial charge on any atom is 0.243 e. The van der Waals surface area contributed by atoms with Gasteiger partial charge in [0.05, 0.1) is 22.7 Å². The molecule has 1 aromatic heterocycles. The van der Waals surface area contributed by atoms with Crippen LogP contribution in [0.5, 0.6) is 5.75 Å². The van der Waals surface area contributed by atoms with Gasteiger partial charge in [0.1, 0.15) is 5.75 Å². The lowest BCUT2D eigenvalue weighted by molar-refractivity contribution is -0.120. The number of thiazole rings is 1. The molecule has 0 radical (unpaired) electrons. The number of sulfonamides is 1. The van der Waals surface area contributed by atoms with Gasteiger partial charge in [0.15, 0.2) is 5.13 Å². The number of benzene rings is 2. The Labute approximate surface area is 202 Å². The standard InChI is InChI=1S/C23H24ClN3O4S2/c1-15-3-6-18(7-4-15)33(29,30)27-11-9-16(10-12-27)22(28)26-23-25-20(14-32-23)17-5-8-21(31-2)19(24)13-17/h3-8,13-14,16H,9-12H2,1-2H3,(H,25,26,28). The van der Waals surface area contributed by atoms with Crippen LogP contribution >= 0.6 is 22.9 Å². The van der Waals surface area contributed by atoms with Gasteiger partial charge in [-0.15, -0.1) is 11.3 Å². The summed E-state index contributed by atoms with van der Waals surface area (Å²) in [7, 11) is -2.00. The number of ether oxygens (including phenoxy) is 1. The van der Waals surface area contributed by atoms with Gasteiger partial charge < -0.3 is 10.1 Å². The van der Waals surface area contributed by atoms with E-state index in [4.69, 9.17) is 16.3 Å². The summed E-state index contributed by atoms with van der Waals surface area (Å²) < 4.78 is 32.4. The maximum absolute atomic E-state index is 12.9. The van der Waals surface area contributed by atoms with E-state index in [9.17, 15) is 13.2 Å². The number of anilines is 1. The molecule has 0 atom stereocenters. The van der Waals surface area contributed by atoms with Crippen molar-refractivity contribution in [3.05, 3.63) is 58.4 Å². The van der Waals surface area contributed by atoms with E-state index in [1.165, 1.54) is 15.6 Å². The number of nitrogens with one attached hydrogen (secondary N) is 1. The molecule has 0 saturated carbocycles. The predicted octanol–water partition coefficient (Wildman–Crippen LogP) is 4.82. The van der Waals surface area contributed by atoms with Gasteiger partial charge in [0, 0.05) is 30.0 Å². The summed E-state index contributed by atoms with van der Waals surface area (Å²) in [6.45, 7) is 2.53. The average Bonchev–Trinajstić information content (AvgIpc) is 3.28. The second-order valence-electron chi connectivity index (χ2n) is 7.87. The van der Waals surface area contributed by atoms with Gasteiger partial charge in [-0.2, -0.15) is 4.31 Å². The summed E-state index contributed by atoms with van der Waals surface area (Å²) in [5.41, 5.74) is 2.54. The highest BCUT2D eigenvalue weighted by Gasteiger charge is 2.32. The minimum atomic E-state index is -3.55. The molecular weight excluding hydrogens is 482 g/mol. The lowest BCUT2D eigenvalue weighted by Crippen LogP contribution is -2.41. The number of methoxy groups -OCH3 is 1. The number of piperidine rings is 1. The molecule has 0 aliphatic carbocycles. The summed E-state index contributed by atoms with van der Waals surface area (Å²) >= 11 is 7.53. The molecule has 1 N–H and O–H groups in total. The van der Waals surface area contributed by atoms with Crippen LogP contribution in [0.15, 0.2) is 52.7 Å². The molecule has 0 unspecified atom stereocenters. The van der Waals surface area contributed by atoms with E-state index in [-0.39, 0.29) is 16.7 Å². The Morgan fingerprint density at radius 3 is 2.52 bits per heavy atom. The fraction of sp³-hybridized carbons (Fsp3) is 0.304. The van der Waals surface area contributed by atoms with E-state index >= 15 is 0 Å². The lowest BCUT2D eigenvalue weighted by atomic mass is 9.97. The number of nitrogens with zero attached hydrogens (tertiary/aromatic N) is 2. The van der Waals surface area contributed by atoms with Crippen LogP contribution in [0.3, 0.4) is 0 Å². The molecule has 1 amide bonds. The average molecular weight is 506 g/mol. The molecule has 1 fully saturated rings. The topological polar surface area (TPSA) is 88.6 Å². The quantitative estimate of drug-likeness (QED) is 0.519. The van der Waals surface area contributed by atoms with Crippen molar-refractivity contribution < 1.29 is 17.9 Å². The normalized spacial score (nSPS) is 15.4. The molecular formula is C23H24ClN3O4S2. The number of hydrogen-bond donors (Lipinski definition) is 1. The number of halogens is 1. The Balaban J connectivity index is 1.36. The molecule has 0 bridgehead atoms. The molecule has 2 aromatic carbocycles. The van der Waals surface area contributed by atoms with Crippen molar-refractivity contribution in [2.75, 3.05) is 25.5 Å². The third-order valence-corrected chi connectivity index (χ3v) is 8.63. The number of carbonyl (C=O) groups is 1. The molecule has 3 aromatic rings. The Kier molecular flexibility index (Phi) is 7.04. The number of hydrogen-bond acceptors (Lipinski definition) is 6. The van der Waals surface area contributed by atoms with Crippen LogP contribution < -0.4 is 10.1 Å². The molecule has 1 saturated heterocycles. The third-order valence-electron chi connectivity index (χ3n) is 5.67. The molecule has 0 spiro atoms. The fourth-order valence-electron chi connectivity index (χ4n) is 3.71. The van der Waals surface area contributed by atoms with Crippen molar-refractivity contribution in [1.29, 1.82) is 0 Å². The van der Waals surface area contributed by atoms with Gasteiger partial charge in [-0.25, -0.2) is 13.4 Å². The van der Waals surface area contributed by atoms with Crippen LogP contribution in [0.4, 0.5) is 5.13 Å². The summed E-state index contributed by atoms with van der Waals surface area (Å²) in [5, 5.41) is 5.71. The number of amides is 1. The highest BCUT2D eigenvalue weighted by Crippen LogP contribution is 2.32. The van der Waals surface area contributed by atoms with Gasteiger partial charge >= 0.3 is 0 Å². The number of aryl methyl sites for hydroxylation is 1. The number of carbonyl (C=O) groups excluding carboxylic acids is 1. The van der Waals surface area contributed by atoms with E-state index < -0.39 is 10.0 Å². The maximum atomic E-state index is 12.9. The van der Waals surface area contributed by atoms with Gasteiger partial charge in [-0.3, -0.25) is 4.79 Å². The zero-order valence-corrected chi connectivity index (χ0v) is 20.6. The van der Waals surface area contributed by atoms with Crippen LogP contribution in [0.25, 0.3) is 11.3 Å². The number of aromatic nitrogens is 1. The smallest absolute Gasteiger partial charge is 0.243 e. The van der Waals surface area contributed by atoms with Gasteiger partial charge in [0.2, 0.25) is 15.9 Å². The van der Waals surface area contributed by atoms with Crippen LogP contribution in [0.2, 0.25) is 5.02 Å². The first-order chi connectivity index (χ1) is 15.8. The Hall–Kier alpha value is -2.46. The van der Waals surface area contributed by atoms with Crippen LogP contribution in [0, 0.1) is 12.8 Å². The van der Waals surface area contributed by atoms with E-state index in [0.717, 1.165) is 11.1 Å². The molecule has 1 aliphatic heterocycles. The van der Waals surface area contributed by atoms with E-state index in [1.807, 2.05) is 18.4 Å². The minimum Gasteiger partial charge on any atom is -0.495 e. The zero-order valence-electron chi connectivity index (χ0n) is 18.2.